The van der Waals surface area contributed by atoms with Gasteiger partial charge in [0.05, 0.1) is 14.2 Å². The minimum atomic E-state index is -0.678. The Hall–Kier alpha value is -2.10. The first-order valence-electron chi connectivity index (χ1n) is 5.60. The third-order valence-electron chi connectivity index (χ3n) is 2.56. The smallest absolute Gasteiger partial charge is 0.345 e. The standard InChI is InChI=1S/C14H16O4/c1-4-11(10-8-6-5-7-9-10)12(13(15)17-2)14(16)18-3/h5-9H,4H2,1-3H3. The fraction of sp³-hybridized carbons (Fsp3) is 0.286. The van der Waals surface area contributed by atoms with Gasteiger partial charge in [0.1, 0.15) is 5.57 Å². The van der Waals surface area contributed by atoms with Crippen molar-refractivity contribution in [1.82, 2.24) is 0 Å². The van der Waals surface area contributed by atoms with Crippen LogP contribution in [0.1, 0.15) is 18.9 Å². The zero-order valence-corrected chi connectivity index (χ0v) is 10.7. The summed E-state index contributed by atoms with van der Waals surface area (Å²) in [7, 11) is 2.48. The lowest BCUT2D eigenvalue weighted by molar-refractivity contribution is -0.143. The quantitative estimate of drug-likeness (QED) is 0.355. The molecule has 0 fully saturated rings. The Balaban J connectivity index is 3.39. The van der Waals surface area contributed by atoms with E-state index in [9.17, 15) is 9.59 Å². The second-order valence-corrected chi connectivity index (χ2v) is 3.56. The lowest BCUT2D eigenvalue weighted by Gasteiger charge is -2.11. The zero-order valence-electron chi connectivity index (χ0n) is 10.7. The Morgan fingerprint density at radius 1 is 1.00 bits per heavy atom. The van der Waals surface area contributed by atoms with E-state index in [1.54, 1.807) is 0 Å². The number of carbonyl (C=O) groups excluding carboxylic acids is 2. The van der Waals surface area contributed by atoms with Gasteiger partial charge in [-0.3, -0.25) is 0 Å². The largest absolute Gasteiger partial charge is 0.465 e. The van der Waals surface area contributed by atoms with E-state index in [4.69, 9.17) is 0 Å². The highest BCUT2D eigenvalue weighted by molar-refractivity contribution is 6.19. The van der Waals surface area contributed by atoms with Crippen LogP contribution in [0.3, 0.4) is 0 Å². The lowest BCUT2D eigenvalue weighted by atomic mass is 9.97. The number of hydrogen-bond acceptors (Lipinski definition) is 4. The van der Waals surface area contributed by atoms with Gasteiger partial charge in [-0.1, -0.05) is 37.3 Å². The molecule has 0 amide bonds. The first kappa shape index (κ1) is 14.0. The maximum Gasteiger partial charge on any atom is 0.345 e. The van der Waals surface area contributed by atoms with Crippen molar-refractivity contribution in [3.05, 3.63) is 41.5 Å². The molecule has 0 atom stereocenters. The Morgan fingerprint density at radius 2 is 1.50 bits per heavy atom. The number of methoxy groups -OCH3 is 2. The molecule has 0 heterocycles. The van der Waals surface area contributed by atoms with Crippen molar-refractivity contribution in [2.75, 3.05) is 14.2 Å². The van der Waals surface area contributed by atoms with Gasteiger partial charge in [0.2, 0.25) is 0 Å². The maximum atomic E-state index is 11.7. The predicted octanol–water partition coefficient (Wildman–Crippen LogP) is 2.20. The van der Waals surface area contributed by atoms with E-state index in [2.05, 4.69) is 9.47 Å². The molecule has 0 aliphatic heterocycles. The summed E-state index contributed by atoms with van der Waals surface area (Å²) in [5.41, 5.74) is 1.38. The molecular weight excluding hydrogens is 232 g/mol. The molecule has 0 radical (unpaired) electrons. The molecule has 0 aliphatic rings. The van der Waals surface area contributed by atoms with Crippen molar-refractivity contribution in [2.45, 2.75) is 13.3 Å². The Labute approximate surface area is 106 Å². The molecule has 18 heavy (non-hydrogen) atoms. The second kappa shape index (κ2) is 6.59. The maximum absolute atomic E-state index is 11.7. The van der Waals surface area contributed by atoms with E-state index < -0.39 is 11.9 Å². The van der Waals surface area contributed by atoms with Gasteiger partial charge < -0.3 is 9.47 Å². The monoisotopic (exact) mass is 248 g/mol. The SMILES string of the molecule is CCC(=C(C(=O)OC)C(=O)OC)c1ccccc1. The molecule has 1 rings (SSSR count). The summed E-state index contributed by atoms with van der Waals surface area (Å²) < 4.78 is 9.28. The average molecular weight is 248 g/mol. The molecule has 0 spiro atoms. The highest BCUT2D eigenvalue weighted by atomic mass is 16.5. The molecule has 1 aromatic rings. The van der Waals surface area contributed by atoms with Gasteiger partial charge >= 0.3 is 11.9 Å². The third-order valence-corrected chi connectivity index (χ3v) is 2.56. The van der Waals surface area contributed by atoms with Crippen molar-refractivity contribution in [1.29, 1.82) is 0 Å². The summed E-state index contributed by atoms with van der Waals surface area (Å²) in [6.45, 7) is 1.87. The van der Waals surface area contributed by atoms with Gasteiger partial charge in [0.25, 0.3) is 0 Å². The van der Waals surface area contributed by atoms with Gasteiger partial charge in [-0.2, -0.15) is 0 Å². The van der Waals surface area contributed by atoms with Crippen LogP contribution in [0.2, 0.25) is 0 Å². The van der Waals surface area contributed by atoms with Gasteiger partial charge in [0.15, 0.2) is 0 Å². The molecule has 4 nitrogen and oxygen atoms in total. The van der Waals surface area contributed by atoms with Gasteiger partial charge in [0, 0.05) is 0 Å². The molecule has 0 unspecified atom stereocenters. The van der Waals surface area contributed by atoms with Crippen molar-refractivity contribution in [3.63, 3.8) is 0 Å². The predicted molar refractivity (Wildman–Crippen MR) is 67.7 cm³/mol. The van der Waals surface area contributed by atoms with Crippen LogP contribution in [0.25, 0.3) is 5.57 Å². The van der Waals surface area contributed by atoms with Crippen molar-refractivity contribution < 1.29 is 19.1 Å². The number of esters is 2. The normalized spacial score (nSPS) is 9.50. The molecule has 0 aliphatic carbocycles. The van der Waals surface area contributed by atoms with E-state index in [0.717, 1.165) is 5.56 Å². The number of hydrogen-bond donors (Lipinski definition) is 0. The van der Waals surface area contributed by atoms with Crippen LogP contribution in [-0.4, -0.2) is 26.2 Å². The minimum absolute atomic E-state index is 0.0475. The van der Waals surface area contributed by atoms with Gasteiger partial charge in [-0.15, -0.1) is 0 Å². The summed E-state index contributed by atoms with van der Waals surface area (Å²) in [5.74, 6) is -1.36. The van der Waals surface area contributed by atoms with Crippen LogP contribution in [0, 0.1) is 0 Å². The Kier molecular flexibility index (Phi) is 5.11. The van der Waals surface area contributed by atoms with Gasteiger partial charge in [-0.05, 0) is 17.6 Å². The summed E-state index contributed by atoms with van der Waals surface area (Å²) >= 11 is 0. The molecular formula is C14H16O4. The summed E-state index contributed by atoms with van der Waals surface area (Å²) in [6, 6.07) is 9.23. The first-order chi connectivity index (χ1) is 8.65. The number of carbonyl (C=O) groups is 2. The molecule has 0 saturated heterocycles. The van der Waals surface area contributed by atoms with Crippen LogP contribution in [0.5, 0.6) is 0 Å². The molecule has 1 aromatic carbocycles. The molecule has 0 N–H and O–H groups in total. The first-order valence-corrected chi connectivity index (χ1v) is 5.60. The minimum Gasteiger partial charge on any atom is -0.465 e. The summed E-state index contributed by atoms with van der Waals surface area (Å²) in [6.07, 6.45) is 0.531. The van der Waals surface area contributed by atoms with E-state index in [1.807, 2.05) is 37.3 Å². The van der Waals surface area contributed by atoms with E-state index >= 15 is 0 Å². The van der Waals surface area contributed by atoms with E-state index in [0.29, 0.717) is 12.0 Å². The van der Waals surface area contributed by atoms with Crippen molar-refractivity contribution in [2.24, 2.45) is 0 Å². The van der Waals surface area contributed by atoms with Crippen LogP contribution in [0.15, 0.2) is 35.9 Å². The van der Waals surface area contributed by atoms with Crippen LogP contribution in [0.4, 0.5) is 0 Å². The number of ether oxygens (including phenoxy) is 2. The molecule has 0 aromatic heterocycles. The molecule has 96 valence electrons. The lowest BCUT2D eigenvalue weighted by Crippen LogP contribution is -2.18. The molecule has 0 saturated carbocycles. The van der Waals surface area contributed by atoms with E-state index in [1.165, 1.54) is 14.2 Å². The van der Waals surface area contributed by atoms with Crippen molar-refractivity contribution in [3.8, 4) is 0 Å². The second-order valence-electron chi connectivity index (χ2n) is 3.56. The van der Waals surface area contributed by atoms with Crippen molar-refractivity contribution >= 4 is 17.5 Å². The molecule has 0 bridgehead atoms. The Morgan fingerprint density at radius 3 is 1.89 bits per heavy atom. The number of rotatable bonds is 4. The van der Waals surface area contributed by atoms with Crippen LogP contribution >= 0.6 is 0 Å². The fourth-order valence-corrected chi connectivity index (χ4v) is 1.70. The van der Waals surface area contributed by atoms with E-state index in [-0.39, 0.29) is 5.57 Å². The average Bonchev–Trinajstić information content (AvgIpc) is 2.44. The zero-order chi connectivity index (χ0) is 13.5. The summed E-state index contributed by atoms with van der Waals surface area (Å²) in [5, 5.41) is 0. The number of allylic oxidation sites excluding steroid dienone is 1. The fourth-order valence-electron chi connectivity index (χ4n) is 1.70. The number of benzene rings is 1. The van der Waals surface area contributed by atoms with Crippen LogP contribution in [-0.2, 0) is 19.1 Å². The highest BCUT2D eigenvalue weighted by Crippen LogP contribution is 2.23. The Bertz CT molecular complexity index is 442. The third kappa shape index (κ3) is 2.97. The molecule has 4 heteroatoms. The topological polar surface area (TPSA) is 52.6 Å². The summed E-state index contributed by atoms with van der Waals surface area (Å²) in [4.78, 5) is 23.4. The van der Waals surface area contributed by atoms with Crippen LogP contribution < -0.4 is 0 Å². The highest BCUT2D eigenvalue weighted by Gasteiger charge is 2.24. The van der Waals surface area contributed by atoms with Gasteiger partial charge in [-0.25, -0.2) is 9.59 Å².